The molecule has 0 bridgehead atoms. The molecule has 3 rings (SSSR count). The molecule has 2 aromatic heterocycles. The molecule has 23 heavy (non-hydrogen) atoms. The zero-order chi connectivity index (χ0) is 16.8. The molecule has 0 aliphatic carbocycles. The Morgan fingerprint density at radius 1 is 1.57 bits per heavy atom. The van der Waals surface area contributed by atoms with Crippen LogP contribution in [-0.4, -0.2) is 49.4 Å². The van der Waals surface area contributed by atoms with Crippen molar-refractivity contribution in [3.05, 3.63) is 22.0 Å². The Balaban J connectivity index is 1.91. The lowest BCUT2D eigenvalue weighted by Gasteiger charge is -2.25. The van der Waals surface area contributed by atoms with E-state index in [9.17, 15) is 10.2 Å². The molecule has 0 unspecified atom stereocenters. The van der Waals surface area contributed by atoms with E-state index in [1.54, 1.807) is 30.8 Å². The van der Waals surface area contributed by atoms with Gasteiger partial charge in [0, 0.05) is 6.42 Å². The lowest BCUT2D eigenvalue weighted by Crippen LogP contribution is -2.36. The predicted molar refractivity (Wildman–Crippen MR) is 87.0 cm³/mol. The molecule has 0 radical (unpaired) electrons. The van der Waals surface area contributed by atoms with Crippen LogP contribution in [0.25, 0.3) is 11.2 Å². The van der Waals surface area contributed by atoms with Crippen molar-refractivity contribution in [1.29, 1.82) is 0 Å². The lowest BCUT2D eigenvalue weighted by atomic mass is 10.1. The molecule has 7 nitrogen and oxygen atoms in total. The fourth-order valence-electron chi connectivity index (χ4n) is 2.68. The normalized spacial score (nSPS) is 25.4. The predicted octanol–water partition coefficient (Wildman–Crippen LogP) is 2.24. The second-order valence-electron chi connectivity index (χ2n) is 5.90. The molecule has 0 saturated carbocycles. The van der Waals surface area contributed by atoms with Crippen molar-refractivity contribution in [2.75, 3.05) is 6.61 Å². The van der Waals surface area contributed by atoms with Gasteiger partial charge in [-0.05, 0) is 35.8 Å². The number of aliphatic hydroxyl groups is 2. The smallest absolute Gasteiger partial charge is 0.164 e. The number of hydrogen-bond acceptors (Lipinski definition) is 6. The maximum Gasteiger partial charge on any atom is 0.164 e. The Bertz CT molecular complexity index is 718. The summed E-state index contributed by atoms with van der Waals surface area (Å²) in [5.74, 6) is -1.31. The molecule has 2 N–H and O–H groups in total. The number of nitrogens with zero attached hydrogens (tertiary/aromatic N) is 3. The van der Waals surface area contributed by atoms with E-state index in [0.717, 1.165) is 0 Å². The van der Waals surface area contributed by atoms with E-state index >= 15 is 0 Å². The largest absolute Gasteiger partial charge is 0.394 e. The zero-order valence-corrected chi connectivity index (χ0v) is 15.0. The summed E-state index contributed by atoms with van der Waals surface area (Å²) < 4.78 is 13.8. The summed E-state index contributed by atoms with van der Waals surface area (Å²) in [6, 6.07) is 1.67. The number of rotatable bonds is 4. The molecule has 2 aromatic rings. The summed E-state index contributed by atoms with van der Waals surface area (Å²) in [4.78, 5) is 8.66. The SMILES string of the molecule is CC(C)(O)O[C@H]1C[C@H](n2cnc3c(Cl)cc(Br)nc32)O[C@@H]1CO. The van der Waals surface area contributed by atoms with Crippen LogP contribution in [-0.2, 0) is 9.47 Å². The van der Waals surface area contributed by atoms with Gasteiger partial charge in [0.2, 0.25) is 0 Å². The van der Waals surface area contributed by atoms with Gasteiger partial charge < -0.3 is 19.7 Å². The highest BCUT2D eigenvalue weighted by molar-refractivity contribution is 9.10. The molecule has 0 amide bonds. The number of hydrogen-bond donors (Lipinski definition) is 2. The van der Waals surface area contributed by atoms with Crippen molar-refractivity contribution >= 4 is 38.7 Å². The van der Waals surface area contributed by atoms with Crippen LogP contribution in [0.15, 0.2) is 17.0 Å². The molecule has 3 atom stereocenters. The van der Waals surface area contributed by atoms with Gasteiger partial charge in [-0.15, -0.1) is 0 Å². The summed E-state index contributed by atoms with van der Waals surface area (Å²) >= 11 is 9.48. The highest BCUT2D eigenvalue weighted by Crippen LogP contribution is 2.35. The van der Waals surface area contributed by atoms with Crippen LogP contribution in [0.4, 0.5) is 0 Å². The zero-order valence-electron chi connectivity index (χ0n) is 12.6. The minimum absolute atomic E-state index is 0.207. The number of imidazole rings is 1. The minimum Gasteiger partial charge on any atom is -0.394 e. The molecule has 126 valence electrons. The van der Waals surface area contributed by atoms with E-state index in [1.807, 2.05) is 0 Å². The third-order valence-corrected chi connectivity index (χ3v) is 4.26. The van der Waals surface area contributed by atoms with Gasteiger partial charge in [0.05, 0.1) is 24.1 Å². The van der Waals surface area contributed by atoms with Gasteiger partial charge in [0.15, 0.2) is 11.4 Å². The highest BCUT2D eigenvalue weighted by atomic mass is 79.9. The Morgan fingerprint density at radius 2 is 2.30 bits per heavy atom. The number of pyridine rings is 1. The first-order valence-corrected chi connectivity index (χ1v) is 8.30. The number of aromatic nitrogens is 3. The fourth-order valence-corrected chi connectivity index (χ4v) is 3.45. The van der Waals surface area contributed by atoms with Gasteiger partial charge in [0.25, 0.3) is 0 Å². The van der Waals surface area contributed by atoms with E-state index < -0.39 is 24.2 Å². The first-order valence-electron chi connectivity index (χ1n) is 7.13. The van der Waals surface area contributed by atoms with Crippen molar-refractivity contribution in [1.82, 2.24) is 14.5 Å². The average molecular weight is 407 g/mol. The third kappa shape index (κ3) is 3.52. The Labute approximate surface area is 146 Å². The first-order chi connectivity index (χ1) is 10.8. The molecule has 1 aliphatic rings. The van der Waals surface area contributed by atoms with Crippen LogP contribution in [0.1, 0.15) is 26.5 Å². The maximum absolute atomic E-state index is 9.84. The van der Waals surface area contributed by atoms with Gasteiger partial charge in [0.1, 0.15) is 22.5 Å². The van der Waals surface area contributed by atoms with Crippen molar-refractivity contribution < 1.29 is 19.7 Å². The average Bonchev–Trinajstić information content (AvgIpc) is 3.00. The highest BCUT2D eigenvalue weighted by Gasteiger charge is 2.39. The second-order valence-corrected chi connectivity index (χ2v) is 7.12. The van der Waals surface area contributed by atoms with Crippen molar-refractivity contribution in [3.63, 3.8) is 0 Å². The van der Waals surface area contributed by atoms with Gasteiger partial charge in [-0.3, -0.25) is 4.57 Å². The first kappa shape index (κ1) is 17.1. The molecule has 9 heteroatoms. The molecule has 0 spiro atoms. The molecule has 1 fully saturated rings. The van der Waals surface area contributed by atoms with Crippen LogP contribution >= 0.6 is 27.5 Å². The summed E-state index contributed by atoms with van der Waals surface area (Å²) in [5.41, 5.74) is 1.15. The standard InChI is InChI=1S/C14H17BrClN3O4/c1-14(2,21)23-8-4-11(22-9(8)5-20)19-6-17-12-7(16)3-10(15)18-13(12)19/h3,6,8-9,11,20-21H,4-5H2,1-2H3/t8-,9+,11+/m0/s1. The number of fused-ring (bicyclic) bond motifs is 1. The molecular formula is C14H17BrClN3O4. The minimum atomic E-state index is -1.31. The fraction of sp³-hybridized carbons (Fsp3) is 0.571. The summed E-state index contributed by atoms with van der Waals surface area (Å²) in [7, 11) is 0. The summed E-state index contributed by atoms with van der Waals surface area (Å²) in [6.07, 6.45) is 0.660. The number of aliphatic hydroxyl groups excluding tert-OH is 1. The topological polar surface area (TPSA) is 89.6 Å². The van der Waals surface area contributed by atoms with Crippen LogP contribution in [0.3, 0.4) is 0 Å². The van der Waals surface area contributed by atoms with Crippen LogP contribution < -0.4 is 0 Å². The Morgan fingerprint density at radius 3 is 2.96 bits per heavy atom. The lowest BCUT2D eigenvalue weighted by molar-refractivity contribution is -0.216. The molecule has 1 aliphatic heterocycles. The Hall–Kier alpha value is -0.770. The monoisotopic (exact) mass is 405 g/mol. The molecule has 3 heterocycles. The van der Waals surface area contributed by atoms with Crippen molar-refractivity contribution in [2.24, 2.45) is 0 Å². The van der Waals surface area contributed by atoms with Crippen LogP contribution in [0.2, 0.25) is 5.02 Å². The Kier molecular flexibility index (Phi) is 4.65. The summed E-state index contributed by atoms with van der Waals surface area (Å²) in [6.45, 7) is 2.88. The van der Waals surface area contributed by atoms with Crippen molar-refractivity contribution in [2.45, 2.75) is 44.5 Å². The second kappa shape index (κ2) is 6.27. The van der Waals surface area contributed by atoms with Gasteiger partial charge >= 0.3 is 0 Å². The number of ether oxygens (including phenoxy) is 2. The van der Waals surface area contributed by atoms with Crippen molar-refractivity contribution in [3.8, 4) is 0 Å². The van der Waals surface area contributed by atoms with Crippen LogP contribution in [0, 0.1) is 0 Å². The third-order valence-electron chi connectivity index (χ3n) is 3.56. The van der Waals surface area contributed by atoms with E-state index in [1.165, 1.54) is 0 Å². The van der Waals surface area contributed by atoms with E-state index in [-0.39, 0.29) is 6.61 Å². The van der Waals surface area contributed by atoms with Gasteiger partial charge in [-0.2, -0.15) is 0 Å². The quantitative estimate of drug-likeness (QED) is 0.598. The van der Waals surface area contributed by atoms with E-state index in [0.29, 0.717) is 27.2 Å². The van der Waals surface area contributed by atoms with E-state index in [2.05, 4.69) is 25.9 Å². The summed E-state index contributed by atoms with van der Waals surface area (Å²) in [5, 5.41) is 19.8. The van der Waals surface area contributed by atoms with Crippen LogP contribution in [0.5, 0.6) is 0 Å². The maximum atomic E-state index is 9.84. The van der Waals surface area contributed by atoms with Gasteiger partial charge in [-0.1, -0.05) is 11.6 Å². The van der Waals surface area contributed by atoms with Gasteiger partial charge in [-0.25, -0.2) is 9.97 Å². The number of halogens is 2. The molecule has 1 saturated heterocycles. The molecular weight excluding hydrogens is 390 g/mol. The van der Waals surface area contributed by atoms with E-state index in [4.69, 9.17) is 21.1 Å². The molecule has 0 aromatic carbocycles.